The van der Waals surface area contributed by atoms with E-state index in [0.29, 0.717) is 50.9 Å². The molecule has 1 heterocycles. The van der Waals surface area contributed by atoms with Crippen molar-refractivity contribution in [1.29, 1.82) is 0 Å². The molecule has 1 saturated heterocycles. The Balaban J connectivity index is 1.97. The van der Waals surface area contributed by atoms with Gasteiger partial charge in [0, 0.05) is 19.5 Å². The second-order valence-corrected chi connectivity index (χ2v) is 7.75. The second-order valence-electron chi connectivity index (χ2n) is 7.75. The van der Waals surface area contributed by atoms with Crippen LogP contribution in [-0.4, -0.2) is 53.3 Å². The number of aryl methyl sites for hydroxylation is 1. The van der Waals surface area contributed by atoms with Crippen LogP contribution in [0.5, 0.6) is 0 Å². The smallest absolute Gasteiger partial charge is 0.429 e. The van der Waals surface area contributed by atoms with Gasteiger partial charge in [-0.1, -0.05) is 12.1 Å². The fraction of sp³-hybridized carbons (Fsp3) is 0.571. The molecule has 1 aliphatic heterocycles. The topological polar surface area (TPSA) is 76.2 Å². The van der Waals surface area contributed by atoms with Crippen molar-refractivity contribution in [3.8, 4) is 0 Å². The number of carbonyl (C=O) groups excluding carboxylic acids is 3. The van der Waals surface area contributed by atoms with E-state index in [1.165, 1.54) is 10.0 Å². The summed E-state index contributed by atoms with van der Waals surface area (Å²) < 4.78 is 10.5. The first-order chi connectivity index (χ1) is 13.2. The van der Waals surface area contributed by atoms with E-state index in [0.717, 1.165) is 5.56 Å². The Hall–Kier alpha value is -2.57. The van der Waals surface area contributed by atoms with Crippen molar-refractivity contribution >= 4 is 18.0 Å². The van der Waals surface area contributed by atoms with E-state index in [1.807, 2.05) is 18.2 Å². The summed E-state index contributed by atoms with van der Waals surface area (Å²) in [6.07, 6.45) is 1.91. The Morgan fingerprint density at radius 3 is 2.64 bits per heavy atom. The monoisotopic (exact) mass is 390 g/mol. The van der Waals surface area contributed by atoms with Crippen LogP contribution in [0.4, 0.5) is 4.79 Å². The molecule has 0 aromatic heterocycles. The summed E-state index contributed by atoms with van der Waals surface area (Å²) in [4.78, 5) is 36.7. The van der Waals surface area contributed by atoms with Crippen molar-refractivity contribution in [2.45, 2.75) is 59.0 Å². The summed E-state index contributed by atoms with van der Waals surface area (Å²) >= 11 is 0. The molecule has 0 spiro atoms. The van der Waals surface area contributed by atoms with Gasteiger partial charge in [0.1, 0.15) is 5.60 Å². The predicted octanol–water partition coefficient (Wildman–Crippen LogP) is 3.57. The molecule has 1 fully saturated rings. The standard InChI is InChI=1S/C21H30N2O5/c1-5-27-19(25)17-11-6-9-16(15-17)10-7-13-22-18(24)12-8-14-23(22)20(26)28-21(2,3)4/h6,9,11,15H,5,7-8,10,12-14H2,1-4H3. The van der Waals surface area contributed by atoms with Crippen LogP contribution in [0.2, 0.25) is 0 Å². The molecule has 7 nitrogen and oxygen atoms in total. The number of rotatable bonds is 6. The molecule has 0 saturated carbocycles. The van der Waals surface area contributed by atoms with Crippen LogP contribution in [0.25, 0.3) is 0 Å². The van der Waals surface area contributed by atoms with Crippen LogP contribution in [0.3, 0.4) is 0 Å². The quantitative estimate of drug-likeness (QED) is 0.694. The number of hydrazine groups is 1. The van der Waals surface area contributed by atoms with E-state index in [4.69, 9.17) is 9.47 Å². The Morgan fingerprint density at radius 1 is 1.21 bits per heavy atom. The molecule has 0 atom stereocenters. The molecular formula is C21H30N2O5. The minimum Gasteiger partial charge on any atom is -0.462 e. The van der Waals surface area contributed by atoms with Crippen LogP contribution >= 0.6 is 0 Å². The second kappa shape index (κ2) is 9.57. The first kappa shape index (κ1) is 21.7. The van der Waals surface area contributed by atoms with Crippen LogP contribution in [0.1, 0.15) is 62.9 Å². The van der Waals surface area contributed by atoms with Crippen molar-refractivity contribution < 1.29 is 23.9 Å². The molecule has 0 N–H and O–H groups in total. The van der Waals surface area contributed by atoms with Crippen molar-refractivity contribution in [2.24, 2.45) is 0 Å². The maximum Gasteiger partial charge on any atom is 0.429 e. The molecule has 0 bridgehead atoms. The lowest BCUT2D eigenvalue weighted by Gasteiger charge is -2.38. The summed E-state index contributed by atoms with van der Waals surface area (Å²) in [5.41, 5.74) is 0.888. The molecule has 28 heavy (non-hydrogen) atoms. The summed E-state index contributed by atoms with van der Waals surface area (Å²) in [5, 5.41) is 2.90. The third-order valence-electron chi connectivity index (χ3n) is 4.22. The normalized spacial score (nSPS) is 14.8. The highest BCUT2D eigenvalue weighted by atomic mass is 16.6. The minimum atomic E-state index is -0.614. The molecule has 2 amide bonds. The molecule has 1 aromatic rings. The zero-order valence-corrected chi connectivity index (χ0v) is 17.2. The van der Waals surface area contributed by atoms with E-state index in [2.05, 4.69) is 0 Å². The van der Waals surface area contributed by atoms with Gasteiger partial charge in [0.2, 0.25) is 5.91 Å². The van der Waals surface area contributed by atoms with E-state index >= 15 is 0 Å². The van der Waals surface area contributed by atoms with Crippen molar-refractivity contribution in [3.05, 3.63) is 35.4 Å². The van der Waals surface area contributed by atoms with Crippen molar-refractivity contribution in [1.82, 2.24) is 10.0 Å². The van der Waals surface area contributed by atoms with Crippen LogP contribution in [-0.2, 0) is 20.7 Å². The third-order valence-corrected chi connectivity index (χ3v) is 4.22. The molecule has 0 unspecified atom stereocenters. The highest BCUT2D eigenvalue weighted by molar-refractivity contribution is 5.89. The third kappa shape index (κ3) is 6.25. The largest absolute Gasteiger partial charge is 0.462 e. The lowest BCUT2D eigenvalue weighted by atomic mass is 10.1. The minimum absolute atomic E-state index is 0.0719. The van der Waals surface area contributed by atoms with E-state index < -0.39 is 11.7 Å². The molecule has 154 valence electrons. The molecule has 2 rings (SSSR count). The molecular weight excluding hydrogens is 360 g/mol. The molecule has 0 radical (unpaired) electrons. The van der Waals surface area contributed by atoms with Crippen LogP contribution in [0.15, 0.2) is 24.3 Å². The van der Waals surface area contributed by atoms with Crippen LogP contribution < -0.4 is 0 Å². The molecule has 0 aliphatic carbocycles. The lowest BCUT2D eigenvalue weighted by Crippen LogP contribution is -2.54. The van der Waals surface area contributed by atoms with Crippen LogP contribution in [0, 0.1) is 0 Å². The van der Waals surface area contributed by atoms with Crippen molar-refractivity contribution in [2.75, 3.05) is 19.7 Å². The van der Waals surface area contributed by atoms with Gasteiger partial charge in [0.15, 0.2) is 0 Å². The summed E-state index contributed by atoms with van der Waals surface area (Å²) in [6.45, 7) is 8.40. The lowest BCUT2D eigenvalue weighted by molar-refractivity contribution is -0.153. The molecule has 7 heteroatoms. The maximum absolute atomic E-state index is 12.4. The zero-order chi connectivity index (χ0) is 20.7. The predicted molar refractivity (Wildman–Crippen MR) is 105 cm³/mol. The fourth-order valence-corrected chi connectivity index (χ4v) is 3.02. The number of esters is 1. The summed E-state index contributed by atoms with van der Waals surface area (Å²) in [5.74, 6) is -0.413. The number of benzene rings is 1. The van der Waals surface area contributed by atoms with Crippen molar-refractivity contribution in [3.63, 3.8) is 0 Å². The van der Waals surface area contributed by atoms with Gasteiger partial charge in [0.05, 0.1) is 12.2 Å². The Morgan fingerprint density at radius 2 is 1.96 bits per heavy atom. The number of amides is 2. The molecule has 1 aliphatic rings. The SMILES string of the molecule is CCOC(=O)c1cccc(CCCN2C(=O)CCCN2C(=O)OC(C)(C)C)c1. The summed E-state index contributed by atoms with van der Waals surface area (Å²) in [7, 11) is 0. The first-order valence-electron chi connectivity index (χ1n) is 9.78. The van der Waals surface area contributed by atoms with Gasteiger partial charge >= 0.3 is 12.1 Å². The first-order valence-corrected chi connectivity index (χ1v) is 9.78. The maximum atomic E-state index is 12.4. The molecule has 1 aromatic carbocycles. The average molecular weight is 390 g/mol. The number of hydrogen-bond donors (Lipinski definition) is 0. The fourth-order valence-electron chi connectivity index (χ4n) is 3.02. The summed E-state index contributed by atoms with van der Waals surface area (Å²) in [6, 6.07) is 7.29. The number of ether oxygens (including phenoxy) is 2. The Labute approximate surface area is 166 Å². The average Bonchev–Trinajstić information content (AvgIpc) is 2.62. The van der Waals surface area contributed by atoms with E-state index in [-0.39, 0.29) is 11.9 Å². The van der Waals surface area contributed by atoms with Gasteiger partial charge in [-0.25, -0.2) is 19.6 Å². The van der Waals surface area contributed by atoms with Gasteiger partial charge in [-0.15, -0.1) is 0 Å². The van der Waals surface area contributed by atoms with E-state index in [9.17, 15) is 14.4 Å². The number of carbonyl (C=O) groups is 3. The Bertz CT molecular complexity index is 711. The Kier molecular flexibility index (Phi) is 7.43. The highest BCUT2D eigenvalue weighted by Gasteiger charge is 2.32. The van der Waals surface area contributed by atoms with Gasteiger partial charge < -0.3 is 9.47 Å². The zero-order valence-electron chi connectivity index (χ0n) is 17.2. The van der Waals surface area contributed by atoms with Gasteiger partial charge in [-0.05, 0) is 64.7 Å². The van der Waals surface area contributed by atoms with E-state index in [1.54, 1.807) is 33.8 Å². The highest BCUT2D eigenvalue weighted by Crippen LogP contribution is 2.18. The number of nitrogens with zero attached hydrogens (tertiary/aromatic N) is 2. The van der Waals surface area contributed by atoms with Gasteiger partial charge in [-0.3, -0.25) is 4.79 Å². The number of hydrogen-bond acceptors (Lipinski definition) is 5. The van der Waals surface area contributed by atoms with Gasteiger partial charge in [0.25, 0.3) is 0 Å². The van der Waals surface area contributed by atoms with Gasteiger partial charge in [-0.2, -0.15) is 0 Å².